The van der Waals surface area contributed by atoms with Crippen LogP contribution >= 0.6 is 23.2 Å². The standard InChI is InChI=1S/C20H21Cl2N3O4/c1-11-5-14(21)9-17(19(11)22)23-18(26)6-12(2)24-25-20(27)13-7-15(28-3)10-16(8-13)29-4/h5,7-10H,6H2,1-4H3,(H,23,26)(H,25,27)/b24-12+. The minimum Gasteiger partial charge on any atom is -0.497 e. The summed E-state index contributed by atoms with van der Waals surface area (Å²) in [6, 6.07) is 8.03. The van der Waals surface area contributed by atoms with Crippen LogP contribution in [0.5, 0.6) is 11.5 Å². The van der Waals surface area contributed by atoms with E-state index in [0.717, 1.165) is 5.56 Å². The van der Waals surface area contributed by atoms with Crippen LogP contribution in [0.15, 0.2) is 35.4 Å². The Morgan fingerprint density at radius 3 is 2.24 bits per heavy atom. The maximum absolute atomic E-state index is 12.3. The van der Waals surface area contributed by atoms with E-state index in [-0.39, 0.29) is 12.3 Å². The third-order valence-electron chi connectivity index (χ3n) is 3.87. The number of nitrogens with one attached hydrogen (secondary N) is 2. The zero-order valence-electron chi connectivity index (χ0n) is 16.4. The van der Waals surface area contributed by atoms with Gasteiger partial charge in [-0.3, -0.25) is 9.59 Å². The van der Waals surface area contributed by atoms with E-state index in [9.17, 15) is 9.59 Å². The quantitative estimate of drug-likeness (QED) is 0.494. The molecule has 0 aromatic heterocycles. The molecular weight excluding hydrogens is 417 g/mol. The summed E-state index contributed by atoms with van der Waals surface area (Å²) in [5, 5.41) is 7.54. The van der Waals surface area contributed by atoms with Crippen LogP contribution in [0.3, 0.4) is 0 Å². The zero-order valence-corrected chi connectivity index (χ0v) is 17.9. The Balaban J connectivity index is 2.01. The number of halogens is 2. The van der Waals surface area contributed by atoms with Gasteiger partial charge in [-0.15, -0.1) is 0 Å². The number of methoxy groups -OCH3 is 2. The molecule has 154 valence electrons. The Bertz CT molecular complexity index is 939. The third kappa shape index (κ3) is 6.37. The van der Waals surface area contributed by atoms with Crippen molar-refractivity contribution >= 4 is 46.4 Å². The van der Waals surface area contributed by atoms with Crippen LogP contribution in [-0.4, -0.2) is 31.7 Å². The average Bonchev–Trinajstić information content (AvgIpc) is 2.69. The second kappa shape index (κ2) is 10.1. The van der Waals surface area contributed by atoms with Gasteiger partial charge >= 0.3 is 0 Å². The van der Waals surface area contributed by atoms with Gasteiger partial charge in [-0.05, 0) is 43.7 Å². The number of carbonyl (C=O) groups is 2. The van der Waals surface area contributed by atoms with E-state index in [4.69, 9.17) is 32.7 Å². The molecule has 2 N–H and O–H groups in total. The van der Waals surface area contributed by atoms with Crippen molar-refractivity contribution in [2.24, 2.45) is 5.10 Å². The summed E-state index contributed by atoms with van der Waals surface area (Å²) in [7, 11) is 2.98. The van der Waals surface area contributed by atoms with Crippen molar-refractivity contribution in [3.05, 3.63) is 51.5 Å². The fourth-order valence-corrected chi connectivity index (χ4v) is 2.86. The van der Waals surface area contributed by atoms with Crippen molar-refractivity contribution < 1.29 is 19.1 Å². The topological polar surface area (TPSA) is 89.0 Å². The van der Waals surface area contributed by atoms with Crippen LogP contribution in [-0.2, 0) is 4.79 Å². The Morgan fingerprint density at radius 1 is 1.03 bits per heavy atom. The van der Waals surface area contributed by atoms with Gasteiger partial charge in [-0.25, -0.2) is 5.43 Å². The number of hydrazone groups is 1. The number of aryl methyl sites for hydroxylation is 1. The largest absolute Gasteiger partial charge is 0.497 e. The van der Waals surface area contributed by atoms with Gasteiger partial charge in [0.25, 0.3) is 5.91 Å². The predicted molar refractivity (Wildman–Crippen MR) is 115 cm³/mol. The number of hydrogen-bond acceptors (Lipinski definition) is 5. The molecule has 2 amide bonds. The molecule has 0 aliphatic heterocycles. The molecule has 2 aromatic carbocycles. The fourth-order valence-electron chi connectivity index (χ4n) is 2.43. The maximum atomic E-state index is 12.3. The molecule has 0 radical (unpaired) electrons. The lowest BCUT2D eigenvalue weighted by Crippen LogP contribution is -2.21. The first-order valence-corrected chi connectivity index (χ1v) is 9.31. The summed E-state index contributed by atoms with van der Waals surface area (Å²) in [5.41, 5.74) is 4.29. The first kappa shape index (κ1) is 22.5. The molecule has 0 aliphatic rings. The Hall–Kier alpha value is -2.77. The first-order chi connectivity index (χ1) is 13.7. The van der Waals surface area contributed by atoms with Crippen LogP contribution in [0.25, 0.3) is 0 Å². The van der Waals surface area contributed by atoms with Gasteiger partial charge < -0.3 is 14.8 Å². The number of amides is 2. The number of rotatable bonds is 7. The summed E-state index contributed by atoms with van der Waals surface area (Å²) < 4.78 is 10.3. The van der Waals surface area contributed by atoms with Crippen molar-refractivity contribution in [2.75, 3.05) is 19.5 Å². The van der Waals surface area contributed by atoms with Gasteiger partial charge in [-0.1, -0.05) is 23.2 Å². The fraction of sp³-hybridized carbons (Fsp3) is 0.250. The minimum absolute atomic E-state index is 0.0381. The summed E-state index contributed by atoms with van der Waals surface area (Å²) in [4.78, 5) is 24.6. The Morgan fingerprint density at radius 2 is 1.66 bits per heavy atom. The number of nitrogens with zero attached hydrogens (tertiary/aromatic N) is 1. The average molecular weight is 438 g/mol. The van der Waals surface area contributed by atoms with E-state index in [1.807, 2.05) is 0 Å². The number of benzene rings is 2. The summed E-state index contributed by atoms with van der Waals surface area (Å²) in [6.45, 7) is 3.41. The van der Waals surface area contributed by atoms with E-state index >= 15 is 0 Å². The summed E-state index contributed by atoms with van der Waals surface area (Å²) in [5.74, 6) is 0.147. The van der Waals surface area contributed by atoms with Gasteiger partial charge in [-0.2, -0.15) is 5.10 Å². The van der Waals surface area contributed by atoms with E-state index < -0.39 is 5.91 Å². The molecule has 0 heterocycles. The van der Waals surface area contributed by atoms with Gasteiger partial charge in [0, 0.05) is 22.4 Å². The molecule has 0 aliphatic carbocycles. The van der Waals surface area contributed by atoms with E-state index in [2.05, 4.69) is 15.8 Å². The molecule has 0 fully saturated rings. The smallest absolute Gasteiger partial charge is 0.271 e. The molecule has 0 spiro atoms. The van der Waals surface area contributed by atoms with Crippen LogP contribution in [0.2, 0.25) is 10.0 Å². The normalized spacial score (nSPS) is 11.0. The monoisotopic (exact) mass is 437 g/mol. The van der Waals surface area contributed by atoms with Crippen molar-refractivity contribution in [1.82, 2.24) is 5.43 Å². The SMILES string of the molecule is COc1cc(OC)cc(C(=O)N/N=C(\C)CC(=O)Nc2cc(Cl)cc(C)c2Cl)c1. The molecular formula is C20H21Cl2N3O4. The van der Waals surface area contributed by atoms with Crippen LogP contribution < -0.4 is 20.2 Å². The lowest BCUT2D eigenvalue weighted by molar-refractivity contribution is -0.115. The lowest BCUT2D eigenvalue weighted by atomic mass is 10.2. The van der Waals surface area contributed by atoms with Crippen molar-refractivity contribution in [3.8, 4) is 11.5 Å². The second-order valence-corrected chi connectivity index (χ2v) is 7.01. The first-order valence-electron chi connectivity index (χ1n) is 8.55. The number of anilines is 1. The molecule has 0 unspecified atom stereocenters. The Labute approximate surface area is 179 Å². The molecule has 7 nitrogen and oxygen atoms in total. The van der Waals surface area contributed by atoms with E-state index in [1.54, 1.807) is 44.2 Å². The lowest BCUT2D eigenvalue weighted by Gasteiger charge is -2.10. The van der Waals surface area contributed by atoms with Crippen LogP contribution in [0.4, 0.5) is 5.69 Å². The highest BCUT2D eigenvalue weighted by Gasteiger charge is 2.12. The van der Waals surface area contributed by atoms with Crippen LogP contribution in [0.1, 0.15) is 29.3 Å². The highest BCUT2D eigenvalue weighted by Crippen LogP contribution is 2.29. The number of carbonyl (C=O) groups excluding carboxylic acids is 2. The van der Waals surface area contributed by atoms with Crippen LogP contribution in [0, 0.1) is 6.92 Å². The van der Waals surface area contributed by atoms with Gasteiger partial charge in [0.15, 0.2) is 0 Å². The maximum Gasteiger partial charge on any atom is 0.271 e. The number of hydrogen-bond donors (Lipinski definition) is 2. The Kier molecular flexibility index (Phi) is 7.87. The summed E-state index contributed by atoms with van der Waals surface area (Å²) >= 11 is 12.2. The van der Waals surface area contributed by atoms with Crippen molar-refractivity contribution in [2.45, 2.75) is 20.3 Å². The second-order valence-electron chi connectivity index (χ2n) is 6.20. The summed E-state index contributed by atoms with van der Waals surface area (Å²) in [6.07, 6.45) is -0.0381. The predicted octanol–water partition coefficient (Wildman–Crippen LogP) is 4.45. The van der Waals surface area contributed by atoms with E-state index in [0.29, 0.717) is 38.5 Å². The molecule has 0 saturated heterocycles. The minimum atomic E-state index is -0.463. The molecule has 0 bridgehead atoms. The molecule has 0 atom stereocenters. The molecule has 2 rings (SSSR count). The molecule has 9 heteroatoms. The molecule has 29 heavy (non-hydrogen) atoms. The van der Waals surface area contributed by atoms with Gasteiger partial charge in [0.05, 0.1) is 31.4 Å². The van der Waals surface area contributed by atoms with Crippen molar-refractivity contribution in [3.63, 3.8) is 0 Å². The highest BCUT2D eigenvalue weighted by molar-refractivity contribution is 6.36. The molecule has 0 saturated carbocycles. The van der Waals surface area contributed by atoms with Crippen molar-refractivity contribution in [1.29, 1.82) is 0 Å². The van der Waals surface area contributed by atoms with Gasteiger partial charge in [0.1, 0.15) is 11.5 Å². The third-order valence-corrected chi connectivity index (χ3v) is 4.59. The van der Waals surface area contributed by atoms with Gasteiger partial charge in [0.2, 0.25) is 5.91 Å². The zero-order chi connectivity index (χ0) is 21.6. The molecule has 2 aromatic rings. The van der Waals surface area contributed by atoms with E-state index in [1.165, 1.54) is 14.2 Å². The number of ether oxygens (including phenoxy) is 2. The highest BCUT2D eigenvalue weighted by atomic mass is 35.5.